The molecule has 0 amide bonds. The Kier molecular flexibility index (Phi) is 4.50. The molecule has 0 unspecified atom stereocenters. The summed E-state index contributed by atoms with van der Waals surface area (Å²) >= 11 is 0. The number of rotatable bonds is 4. The standard InChI is InChI=1S/C15H22N4O3S/c1-10-6-7-11(15(2,3)4)8-12(10)23(21,22)19(5)9-13-16-14(20)18-17-13/h6-8H,9H2,1-5H3,(H2,16,17,18,20). The molecule has 7 nitrogen and oxygen atoms in total. The molecule has 2 aromatic rings. The highest BCUT2D eigenvalue weighted by molar-refractivity contribution is 7.89. The van der Waals surface area contributed by atoms with Crippen LogP contribution in [0.5, 0.6) is 0 Å². The van der Waals surface area contributed by atoms with Gasteiger partial charge in [-0.05, 0) is 29.5 Å². The fourth-order valence-electron chi connectivity index (χ4n) is 2.19. The minimum absolute atomic E-state index is 0.0136. The van der Waals surface area contributed by atoms with Gasteiger partial charge in [0.2, 0.25) is 10.0 Å². The molecule has 0 spiro atoms. The fraction of sp³-hybridized carbons (Fsp3) is 0.467. The number of H-pyrrole nitrogens is 2. The summed E-state index contributed by atoms with van der Waals surface area (Å²) in [6, 6.07) is 5.48. The van der Waals surface area contributed by atoms with Gasteiger partial charge in [-0.1, -0.05) is 32.9 Å². The highest BCUT2D eigenvalue weighted by Crippen LogP contribution is 2.28. The second-order valence-electron chi connectivity index (χ2n) is 6.62. The smallest absolute Gasteiger partial charge is 0.292 e. The zero-order valence-corrected chi connectivity index (χ0v) is 14.8. The summed E-state index contributed by atoms with van der Waals surface area (Å²) in [5, 5.41) is 5.97. The van der Waals surface area contributed by atoms with Crippen molar-refractivity contribution in [2.45, 2.75) is 44.6 Å². The van der Waals surface area contributed by atoms with Crippen molar-refractivity contribution in [3.05, 3.63) is 45.6 Å². The third kappa shape index (κ3) is 3.70. The molecule has 1 aromatic carbocycles. The van der Waals surface area contributed by atoms with Gasteiger partial charge in [-0.15, -0.1) is 0 Å². The number of aromatic amines is 2. The second-order valence-corrected chi connectivity index (χ2v) is 8.63. The van der Waals surface area contributed by atoms with Crippen LogP contribution in [-0.2, 0) is 22.0 Å². The Morgan fingerprint density at radius 1 is 1.26 bits per heavy atom. The minimum Gasteiger partial charge on any atom is -0.292 e. The molecule has 8 heteroatoms. The monoisotopic (exact) mass is 338 g/mol. The van der Waals surface area contributed by atoms with Crippen LogP contribution in [0, 0.1) is 6.92 Å². The Labute approximate surface area is 135 Å². The van der Waals surface area contributed by atoms with E-state index < -0.39 is 15.7 Å². The summed E-state index contributed by atoms with van der Waals surface area (Å²) in [6.07, 6.45) is 0. The largest absolute Gasteiger partial charge is 0.340 e. The van der Waals surface area contributed by atoms with E-state index in [4.69, 9.17) is 0 Å². The summed E-state index contributed by atoms with van der Waals surface area (Å²) in [4.78, 5) is 13.8. The number of aryl methyl sites for hydroxylation is 1. The first-order valence-corrected chi connectivity index (χ1v) is 8.67. The molecule has 0 aliphatic carbocycles. The number of hydrogen-bond donors (Lipinski definition) is 2. The highest BCUT2D eigenvalue weighted by Gasteiger charge is 2.26. The molecule has 1 aromatic heterocycles. The normalized spacial score (nSPS) is 12.8. The Balaban J connectivity index is 2.40. The molecule has 2 N–H and O–H groups in total. The molecule has 23 heavy (non-hydrogen) atoms. The van der Waals surface area contributed by atoms with E-state index >= 15 is 0 Å². The second kappa shape index (κ2) is 5.93. The van der Waals surface area contributed by atoms with E-state index in [9.17, 15) is 13.2 Å². The lowest BCUT2D eigenvalue weighted by Crippen LogP contribution is -2.28. The summed E-state index contributed by atoms with van der Waals surface area (Å²) in [6.45, 7) is 7.86. The topological polar surface area (TPSA) is 98.9 Å². The third-order valence-corrected chi connectivity index (χ3v) is 5.61. The molecule has 0 radical (unpaired) electrons. The van der Waals surface area contributed by atoms with Gasteiger partial charge >= 0.3 is 5.69 Å². The van der Waals surface area contributed by atoms with Gasteiger partial charge in [0.05, 0.1) is 11.4 Å². The molecular formula is C15H22N4O3S. The number of benzene rings is 1. The average molecular weight is 338 g/mol. The van der Waals surface area contributed by atoms with Crippen LogP contribution in [0.2, 0.25) is 0 Å². The minimum atomic E-state index is -3.68. The van der Waals surface area contributed by atoms with Gasteiger partial charge in [0.15, 0.2) is 0 Å². The van der Waals surface area contributed by atoms with Crippen LogP contribution in [0.4, 0.5) is 0 Å². The van der Waals surface area contributed by atoms with Crippen LogP contribution in [0.3, 0.4) is 0 Å². The maximum atomic E-state index is 12.8. The molecule has 0 saturated heterocycles. The highest BCUT2D eigenvalue weighted by atomic mass is 32.2. The van der Waals surface area contributed by atoms with Crippen molar-refractivity contribution in [3.8, 4) is 0 Å². The summed E-state index contributed by atoms with van der Waals surface area (Å²) in [5.41, 5.74) is 1.02. The lowest BCUT2D eigenvalue weighted by molar-refractivity contribution is 0.456. The molecule has 1 heterocycles. The van der Waals surface area contributed by atoms with Crippen LogP contribution in [-0.4, -0.2) is 35.0 Å². The first-order valence-electron chi connectivity index (χ1n) is 7.23. The average Bonchev–Trinajstić information content (AvgIpc) is 2.83. The van der Waals surface area contributed by atoms with Crippen molar-refractivity contribution in [3.63, 3.8) is 0 Å². The van der Waals surface area contributed by atoms with Gasteiger partial charge in [0, 0.05) is 7.05 Å². The molecule has 0 aliphatic heterocycles. The zero-order chi connectivity index (χ0) is 17.4. The van der Waals surface area contributed by atoms with Gasteiger partial charge < -0.3 is 0 Å². The van der Waals surface area contributed by atoms with Crippen molar-refractivity contribution >= 4 is 10.0 Å². The molecule has 2 rings (SSSR count). The molecule has 0 fully saturated rings. The summed E-state index contributed by atoms with van der Waals surface area (Å²) in [5.74, 6) is 0.269. The SMILES string of the molecule is Cc1ccc(C(C)(C)C)cc1S(=O)(=O)N(C)Cc1n[nH]c(=O)[nH]1. The lowest BCUT2D eigenvalue weighted by atomic mass is 9.87. The van der Waals surface area contributed by atoms with E-state index in [2.05, 4.69) is 15.2 Å². The van der Waals surface area contributed by atoms with Crippen molar-refractivity contribution in [1.29, 1.82) is 0 Å². The van der Waals surface area contributed by atoms with E-state index in [-0.39, 0.29) is 22.7 Å². The molecule has 126 valence electrons. The molecular weight excluding hydrogens is 316 g/mol. The number of hydrogen-bond acceptors (Lipinski definition) is 4. The zero-order valence-electron chi connectivity index (χ0n) is 14.0. The van der Waals surface area contributed by atoms with Crippen LogP contribution < -0.4 is 5.69 Å². The molecule has 0 atom stereocenters. The number of sulfonamides is 1. The van der Waals surface area contributed by atoms with Gasteiger partial charge in [-0.25, -0.2) is 18.3 Å². The third-order valence-electron chi connectivity index (χ3n) is 3.67. The van der Waals surface area contributed by atoms with Crippen LogP contribution in [0.25, 0.3) is 0 Å². The van der Waals surface area contributed by atoms with Gasteiger partial charge in [0.25, 0.3) is 0 Å². The maximum Gasteiger partial charge on any atom is 0.340 e. The predicted octanol–water partition coefficient (Wildman–Crippen LogP) is 1.52. The van der Waals surface area contributed by atoms with E-state index in [0.717, 1.165) is 5.56 Å². The van der Waals surface area contributed by atoms with E-state index in [1.54, 1.807) is 13.0 Å². The first kappa shape index (κ1) is 17.4. The molecule has 0 bridgehead atoms. The lowest BCUT2D eigenvalue weighted by Gasteiger charge is -2.22. The molecule has 0 saturated carbocycles. The summed E-state index contributed by atoms with van der Waals surface area (Å²) in [7, 11) is -2.22. The Hall–Kier alpha value is -1.93. The van der Waals surface area contributed by atoms with Crippen LogP contribution in [0.15, 0.2) is 27.9 Å². The Morgan fingerprint density at radius 2 is 1.91 bits per heavy atom. The van der Waals surface area contributed by atoms with Crippen molar-refractivity contribution in [2.24, 2.45) is 0 Å². The summed E-state index contributed by atoms with van der Waals surface area (Å²) < 4.78 is 26.9. The van der Waals surface area contributed by atoms with Crippen LogP contribution >= 0.6 is 0 Å². The predicted molar refractivity (Wildman–Crippen MR) is 87.7 cm³/mol. The van der Waals surface area contributed by atoms with Crippen molar-refractivity contribution in [1.82, 2.24) is 19.5 Å². The number of nitrogens with one attached hydrogen (secondary N) is 2. The van der Waals surface area contributed by atoms with Gasteiger partial charge in [-0.3, -0.25) is 4.98 Å². The number of nitrogens with zero attached hydrogens (tertiary/aromatic N) is 2. The van der Waals surface area contributed by atoms with E-state index in [1.165, 1.54) is 11.4 Å². The van der Waals surface area contributed by atoms with Gasteiger partial charge in [0.1, 0.15) is 5.82 Å². The van der Waals surface area contributed by atoms with Gasteiger partial charge in [-0.2, -0.15) is 9.40 Å². The van der Waals surface area contributed by atoms with Crippen molar-refractivity contribution < 1.29 is 8.42 Å². The van der Waals surface area contributed by atoms with Crippen LogP contribution in [0.1, 0.15) is 37.7 Å². The first-order chi connectivity index (χ1) is 10.5. The van der Waals surface area contributed by atoms with E-state index in [1.807, 2.05) is 32.9 Å². The van der Waals surface area contributed by atoms with Crippen molar-refractivity contribution in [2.75, 3.05) is 7.05 Å². The number of aromatic nitrogens is 3. The fourth-order valence-corrected chi connectivity index (χ4v) is 3.57. The maximum absolute atomic E-state index is 12.8. The Bertz CT molecular complexity index is 859. The van der Waals surface area contributed by atoms with E-state index in [0.29, 0.717) is 5.56 Å². The Morgan fingerprint density at radius 3 is 2.43 bits per heavy atom. The molecule has 0 aliphatic rings. The quantitative estimate of drug-likeness (QED) is 0.883.